The second kappa shape index (κ2) is 5.29. The standard InChI is InChI=1S/C19H24O4/c1-18(2)13-8-9-19(18,3)16(11-13)23-17(22)7-5-12-4-6-14(20)15(21)10-12/h4-7,10,13,16,20-21H,8-9,11H2,1-3H3/b7-5+/t13?,16-,19?/m1/s1. The molecule has 0 aromatic heterocycles. The zero-order chi connectivity index (χ0) is 16.8. The topological polar surface area (TPSA) is 66.8 Å². The van der Waals surface area contributed by atoms with Gasteiger partial charge in [0.05, 0.1) is 0 Å². The Morgan fingerprint density at radius 1 is 1.26 bits per heavy atom. The number of hydrogen-bond acceptors (Lipinski definition) is 4. The van der Waals surface area contributed by atoms with Gasteiger partial charge in [0.1, 0.15) is 6.10 Å². The minimum Gasteiger partial charge on any atom is -0.504 e. The number of aromatic hydroxyl groups is 2. The molecular formula is C19H24O4. The van der Waals surface area contributed by atoms with Gasteiger partial charge in [-0.2, -0.15) is 0 Å². The van der Waals surface area contributed by atoms with Gasteiger partial charge in [-0.15, -0.1) is 0 Å². The lowest BCUT2D eigenvalue weighted by atomic mass is 9.70. The van der Waals surface area contributed by atoms with Crippen molar-refractivity contribution in [2.24, 2.45) is 16.7 Å². The fourth-order valence-corrected chi connectivity index (χ4v) is 4.30. The van der Waals surface area contributed by atoms with Crippen molar-refractivity contribution in [3.63, 3.8) is 0 Å². The molecule has 4 heteroatoms. The minimum absolute atomic E-state index is 0.0263. The zero-order valence-corrected chi connectivity index (χ0v) is 13.9. The molecule has 23 heavy (non-hydrogen) atoms. The van der Waals surface area contributed by atoms with Gasteiger partial charge in [0.25, 0.3) is 0 Å². The zero-order valence-electron chi connectivity index (χ0n) is 13.9. The fraction of sp³-hybridized carbons (Fsp3) is 0.526. The molecule has 0 saturated heterocycles. The van der Waals surface area contributed by atoms with E-state index in [0.717, 1.165) is 12.8 Å². The molecule has 3 atom stereocenters. The van der Waals surface area contributed by atoms with Crippen molar-refractivity contribution < 1.29 is 19.7 Å². The van der Waals surface area contributed by atoms with Gasteiger partial charge in [-0.25, -0.2) is 4.79 Å². The van der Waals surface area contributed by atoms with Crippen LogP contribution in [0.2, 0.25) is 0 Å². The van der Waals surface area contributed by atoms with Crippen molar-refractivity contribution in [2.75, 3.05) is 0 Å². The molecule has 3 rings (SSSR count). The molecule has 2 unspecified atom stereocenters. The predicted molar refractivity (Wildman–Crippen MR) is 87.9 cm³/mol. The van der Waals surface area contributed by atoms with Gasteiger partial charge in [0.2, 0.25) is 0 Å². The van der Waals surface area contributed by atoms with Gasteiger partial charge in [-0.1, -0.05) is 26.8 Å². The molecule has 2 N–H and O–H groups in total. The quantitative estimate of drug-likeness (QED) is 0.505. The Kier molecular flexibility index (Phi) is 3.66. The molecule has 2 aliphatic rings. The van der Waals surface area contributed by atoms with Gasteiger partial charge in [-0.05, 0) is 54.4 Å². The molecule has 0 aliphatic heterocycles. The molecular weight excluding hydrogens is 292 g/mol. The second-order valence-electron chi connectivity index (χ2n) is 7.62. The molecule has 124 valence electrons. The van der Waals surface area contributed by atoms with Crippen LogP contribution in [0, 0.1) is 16.7 Å². The Labute approximate surface area is 136 Å². The van der Waals surface area contributed by atoms with Crippen LogP contribution in [0.5, 0.6) is 11.5 Å². The van der Waals surface area contributed by atoms with Crippen LogP contribution in [-0.2, 0) is 9.53 Å². The number of phenols is 2. The second-order valence-corrected chi connectivity index (χ2v) is 7.62. The Hall–Kier alpha value is -1.97. The molecule has 0 amide bonds. The van der Waals surface area contributed by atoms with Crippen LogP contribution in [0.25, 0.3) is 6.08 Å². The van der Waals surface area contributed by atoms with E-state index in [1.165, 1.54) is 24.6 Å². The number of phenolic OH excluding ortho intramolecular Hbond substituents is 2. The molecule has 2 bridgehead atoms. The summed E-state index contributed by atoms with van der Waals surface area (Å²) in [5.74, 6) is -0.111. The first-order valence-corrected chi connectivity index (χ1v) is 8.15. The van der Waals surface area contributed by atoms with Crippen LogP contribution in [0.4, 0.5) is 0 Å². The molecule has 1 aromatic carbocycles. The van der Waals surface area contributed by atoms with Crippen LogP contribution >= 0.6 is 0 Å². The van der Waals surface area contributed by atoms with Crippen molar-refractivity contribution in [3.8, 4) is 11.5 Å². The Balaban J connectivity index is 1.66. The molecule has 2 aliphatic carbocycles. The molecule has 1 aromatic rings. The molecule has 2 saturated carbocycles. The van der Waals surface area contributed by atoms with E-state index in [-0.39, 0.29) is 34.4 Å². The number of rotatable bonds is 3. The number of hydrogen-bond donors (Lipinski definition) is 2. The monoisotopic (exact) mass is 316 g/mol. The maximum atomic E-state index is 12.1. The maximum absolute atomic E-state index is 12.1. The lowest BCUT2D eigenvalue weighted by Crippen LogP contribution is -2.38. The van der Waals surface area contributed by atoms with Gasteiger partial charge < -0.3 is 14.9 Å². The first-order chi connectivity index (χ1) is 10.7. The summed E-state index contributed by atoms with van der Waals surface area (Å²) in [6.45, 7) is 6.81. The Morgan fingerprint density at radius 2 is 2.00 bits per heavy atom. The molecule has 2 fully saturated rings. The largest absolute Gasteiger partial charge is 0.504 e. The molecule has 4 nitrogen and oxygen atoms in total. The third-order valence-electron chi connectivity index (χ3n) is 6.38. The van der Waals surface area contributed by atoms with Crippen molar-refractivity contribution >= 4 is 12.0 Å². The number of benzene rings is 1. The summed E-state index contributed by atoms with van der Waals surface area (Å²) >= 11 is 0. The summed E-state index contributed by atoms with van der Waals surface area (Å²) in [5, 5.41) is 18.7. The molecule has 0 spiro atoms. The van der Waals surface area contributed by atoms with E-state index < -0.39 is 0 Å². The van der Waals surface area contributed by atoms with Gasteiger partial charge in [0.15, 0.2) is 11.5 Å². The lowest BCUT2D eigenvalue weighted by molar-refractivity contribution is -0.150. The van der Waals surface area contributed by atoms with Crippen LogP contribution in [0.1, 0.15) is 45.6 Å². The third-order valence-corrected chi connectivity index (χ3v) is 6.38. The highest BCUT2D eigenvalue weighted by Crippen LogP contribution is 2.66. The van der Waals surface area contributed by atoms with Crippen molar-refractivity contribution in [1.29, 1.82) is 0 Å². The first kappa shape index (κ1) is 15.9. The Morgan fingerprint density at radius 3 is 2.57 bits per heavy atom. The van der Waals surface area contributed by atoms with Crippen LogP contribution in [-0.4, -0.2) is 22.3 Å². The van der Waals surface area contributed by atoms with Crippen LogP contribution < -0.4 is 0 Å². The van der Waals surface area contributed by atoms with E-state index in [0.29, 0.717) is 11.5 Å². The third kappa shape index (κ3) is 2.50. The van der Waals surface area contributed by atoms with Crippen molar-refractivity contribution in [3.05, 3.63) is 29.8 Å². The number of carbonyl (C=O) groups is 1. The summed E-state index contributed by atoms with van der Waals surface area (Å²) < 4.78 is 5.72. The smallest absolute Gasteiger partial charge is 0.331 e. The van der Waals surface area contributed by atoms with Crippen molar-refractivity contribution in [1.82, 2.24) is 0 Å². The van der Waals surface area contributed by atoms with Crippen LogP contribution in [0.15, 0.2) is 24.3 Å². The summed E-state index contributed by atoms with van der Waals surface area (Å²) in [5.41, 5.74) is 0.902. The van der Waals surface area contributed by atoms with E-state index in [2.05, 4.69) is 20.8 Å². The summed E-state index contributed by atoms with van der Waals surface area (Å²) in [6, 6.07) is 4.42. The SMILES string of the molecule is CC1(C)C2CCC1(C)[C@H](OC(=O)/C=C/c1ccc(O)c(O)c1)C2. The molecule has 0 heterocycles. The average molecular weight is 316 g/mol. The van der Waals surface area contributed by atoms with Crippen molar-refractivity contribution in [2.45, 2.75) is 46.1 Å². The first-order valence-electron chi connectivity index (χ1n) is 8.15. The number of esters is 1. The normalized spacial score (nSPS) is 31.6. The van der Waals surface area contributed by atoms with E-state index >= 15 is 0 Å². The summed E-state index contributed by atoms with van der Waals surface area (Å²) in [4.78, 5) is 12.1. The highest BCUT2D eigenvalue weighted by molar-refractivity contribution is 5.87. The lowest BCUT2D eigenvalue weighted by Gasteiger charge is -2.38. The number of fused-ring (bicyclic) bond motifs is 2. The van der Waals surface area contributed by atoms with Gasteiger partial charge in [0, 0.05) is 11.5 Å². The summed E-state index contributed by atoms with van der Waals surface area (Å²) in [7, 11) is 0. The van der Waals surface area contributed by atoms with Gasteiger partial charge in [-0.3, -0.25) is 0 Å². The van der Waals surface area contributed by atoms with Crippen LogP contribution in [0.3, 0.4) is 0 Å². The van der Waals surface area contributed by atoms with E-state index in [1.54, 1.807) is 12.1 Å². The Bertz CT molecular complexity index is 661. The maximum Gasteiger partial charge on any atom is 0.331 e. The minimum atomic E-state index is -0.355. The molecule has 0 radical (unpaired) electrons. The predicted octanol–water partition coefficient (Wildman–Crippen LogP) is 3.87. The van der Waals surface area contributed by atoms with E-state index in [4.69, 9.17) is 4.74 Å². The summed E-state index contributed by atoms with van der Waals surface area (Å²) in [6.07, 6.45) is 6.22. The highest BCUT2D eigenvalue weighted by atomic mass is 16.5. The fourth-order valence-electron chi connectivity index (χ4n) is 4.30. The highest BCUT2D eigenvalue weighted by Gasteiger charge is 2.62. The van der Waals surface area contributed by atoms with E-state index in [9.17, 15) is 15.0 Å². The number of carbonyl (C=O) groups excluding carboxylic acids is 1. The number of ether oxygens (including phenoxy) is 1. The van der Waals surface area contributed by atoms with Gasteiger partial charge >= 0.3 is 5.97 Å². The average Bonchev–Trinajstić information content (AvgIpc) is 2.82. The van der Waals surface area contributed by atoms with E-state index in [1.807, 2.05) is 0 Å².